The molecule has 0 amide bonds. The second-order valence-electron chi connectivity index (χ2n) is 5.81. The lowest BCUT2D eigenvalue weighted by Gasteiger charge is -2.39. The van der Waals surface area contributed by atoms with Gasteiger partial charge in [0, 0.05) is 6.26 Å². The summed E-state index contributed by atoms with van der Waals surface area (Å²) in [6, 6.07) is 0. The molecule has 1 saturated carbocycles. The molecule has 0 bridgehead atoms. The van der Waals surface area contributed by atoms with Crippen LogP contribution in [-0.4, -0.2) is 31.1 Å². The molecule has 0 aliphatic heterocycles. The van der Waals surface area contributed by atoms with Crippen LogP contribution in [0.1, 0.15) is 40.0 Å². The lowest BCUT2D eigenvalue weighted by atomic mass is 9.71. The standard InChI is InChI=1S/C11H22O3S/c1-11(2,3)8-5-6-9(12)10(7-8)15(4,13)14/h8-10,12H,5-7H2,1-4H3. The van der Waals surface area contributed by atoms with Gasteiger partial charge in [-0.05, 0) is 30.6 Å². The zero-order valence-corrected chi connectivity index (χ0v) is 10.8. The highest BCUT2D eigenvalue weighted by Crippen LogP contribution is 2.39. The summed E-state index contributed by atoms with van der Waals surface area (Å²) in [6.45, 7) is 6.40. The fourth-order valence-corrected chi connectivity index (χ4v) is 3.65. The van der Waals surface area contributed by atoms with Gasteiger partial charge in [-0.2, -0.15) is 0 Å². The Morgan fingerprint density at radius 1 is 1.20 bits per heavy atom. The largest absolute Gasteiger partial charge is 0.392 e. The SMILES string of the molecule is CC(C)(C)C1CCC(O)C(S(C)(=O)=O)C1. The molecule has 3 nitrogen and oxygen atoms in total. The van der Waals surface area contributed by atoms with Crippen molar-refractivity contribution in [2.24, 2.45) is 11.3 Å². The van der Waals surface area contributed by atoms with Crippen LogP contribution >= 0.6 is 0 Å². The van der Waals surface area contributed by atoms with Gasteiger partial charge in [-0.1, -0.05) is 20.8 Å². The van der Waals surface area contributed by atoms with Crippen molar-refractivity contribution in [2.75, 3.05) is 6.26 Å². The van der Waals surface area contributed by atoms with Gasteiger partial charge in [0.25, 0.3) is 0 Å². The molecular weight excluding hydrogens is 212 g/mol. The van der Waals surface area contributed by atoms with E-state index >= 15 is 0 Å². The Morgan fingerprint density at radius 2 is 1.73 bits per heavy atom. The highest BCUT2D eigenvalue weighted by Gasteiger charge is 2.39. The highest BCUT2D eigenvalue weighted by molar-refractivity contribution is 7.91. The van der Waals surface area contributed by atoms with Crippen molar-refractivity contribution >= 4 is 9.84 Å². The van der Waals surface area contributed by atoms with E-state index in [2.05, 4.69) is 20.8 Å². The first-order chi connectivity index (χ1) is 6.62. The van der Waals surface area contributed by atoms with Gasteiger partial charge in [-0.25, -0.2) is 8.42 Å². The van der Waals surface area contributed by atoms with Crippen LogP contribution in [0.2, 0.25) is 0 Å². The predicted molar refractivity (Wildman–Crippen MR) is 61.4 cm³/mol. The Hall–Kier alpha value is -0.0900. The minimum atomic E-state index is -3.12. The van der Waals surface area contributed by atoms with Crippen LogP contribution in [0.15, 0.2) is 0 Å². The third kappa shape index (κ3) is 3.18. The molecule has 1 rings (SSSR count). The number of sulfone groups is 1. The molecular formula is C11H22O3S. The van der Waals surface area contributed by atoms with Gasteiger partial charge in [0.05, 0.1) is 11.4 Å². The smallest absolute Gasteiger partial charge is 0.152 e. The maximum absolute atomic E-state index is 11.5. The van der Waals surface area contributed by atoms with Crippen LogP contribution in [0, 0.1) is 11.3 Å². The Morgan fingerprint density at radius 3 is 2.13 bits per heavy atom. The molecule has 15 heavy (non-hydrogen) atoms. The van der Waals surface area contributed by atoms with Gasteiger partial charge >= 0.3 is 0 Å². The van der Waals surface area contributed by atoms with Crippen LogP contribution in [0.5, 0.6) is 0 Å². The molecule has 3 unspecified atom stereocenters. The summed E-state index contributed by atoms with van der Waals surface area (Å²) in [5.74, 6) is 0.389. The molecule has 4 heteroatoms. The molecule has 0 heterocycles. The first-order valence-corrected chi connectivity index (χ1v) is 7.45. The zero-order chi connectivity index (χ0) is 11.9. The highest BCUT2D eigenvalue weighted by atomic mass is 32.2. The van der Waals surface area contributed by atoms with Crippen molar-refractivity contribution in [3.05, 3.63) is 0 Å². The lowest BCUT2D eigenvalue weighted by Crippen LogP contribution is -2.42. The zero-order valence-electron chi connectivity index (χ0n) is 10.0. The molecule has 1 N–H and O–H groups in total. The van der Waals surface area contributed by atoms with E-state index < -0.39 is 21.2 Å². The fourth-order valence-electron chi connectivity index (χ4n) is 2.36. The average molecular weight is 234 g/mol. The summed E-state index contributed by atoms with van der Waals surface area (Å²) in [5.41, 5.74) is 0.128. The van der Waals surface area contributed by atoms with Crippen LogP contribution in [0.4, 0.5) is 0 Å². The summed E-state index contributed by atoms with van der Waals surface area (Å²) >= 11 is 0. The van der Waals surface area contributed by atoms with Gasteiger partial charge < -0.3 is 5.11 Å². The number of aliphatic hydroxyl groups is 1. The Balaban J connectivity index is 2.82. The van der Waals surface area contributed by atoms with E-state index in [0.717, 1.165) is 6.42 Å². The maximum Gasteiger partial charge on any atom is 0.152 e. The van der Waals surface area contributed by atoms with Crippen molar-refractivity contribution in [2.45, 2.75) is 51.4 Å². The van der Waals surface area contributed by atoms with E-state index in [9.17, 15) is 13.5 Å². The molecule has 0 spiro atoms. The van der Waals surface area contributed by atoms with Crippen LogP contribution in [-0.2, 0) is 9.84 Å². The summed E-state index contributed by atoms with van der Waals surface area (Å²) in [7, 11) is -3.12. The summed E-state index contributed by atoms with van der Waals surface area (Å²) in [5, 5.41) is 9.15. The first-order valence-electron chi connectivity index (χ1n) is 5.49. The number of hydrogen-bond donors (Lipinski definition) is 1. The maximum atomic E-state index is 11.5. The topological polar surface area (TPSA) is 54.4 Å². The van der Waals surface area contributed by atoms with Crippen LogP contribution in [0.25, 0.3) is 0 Å². The van der Waals surface area contributed by atoms with Crippen molar-refractivity contribution in [3.63, 3.8) is 0 Å². The predicted octanol–water partition coefficient (Wildman–Crippen LogP) is 1.61. The number of rotatable bonds is 1. The Bertz CT molecular complexity index is 313. The fraction of sp³-hybridized carbons (Fsp3) is 1.00. The molecule has 3 atom stereocenters. The summed E-state index contributed by atoms with van der Waals surface area (Å²) in [6.07, 6.45) is 2.70. The Labute approximate surface area is 92.8 Å². The average Bonchev–Trinajstić information content (AvgIpc) is 2.00. The van der Waals surface area contributed by atoms with Gasteiger partial charge in [-0.3, -0.25) is 0 Å². The van der Waals surface area contributed by atoms with Gasteiger partial charge in [-0.15, -0.1) is 0 Å². The minimum absolute atomic E-state index is 0.128. The van der Waals surface area contributed by atoms with Gasteiger partial charge in [0.1, 0.15) is 0 Å². The van der Waals surface area contributed by atoms with Crippen molar-refractivity contribution in [1.29, 1.82) is 0 Å². The van der Waals surface area contributed by atoms with Gasteiger partial charge in [0.15, 0.2) is 9.84 Å². The first kappa shape index (κ1) is 13.0. The normalized spacial score (nSPS) is 34.1. The summed E-state index contributed by atoms with van der Waals surface area (Å²) < 4.78 is 23.0. The molecule has 90 valence electrons. The van der Waals surface area contributed by atoms with Gasteiger partial charge in [0.2, 0.25) is 0 Å². The minimum Gasteiger partial charge on any atom is -0.392 e. The molecule has 0 aromatic rings. The molecule has 0 aromatic heterocycles. The van der Waals surface area contributed by atoms with Crippen molar-refractivity contribution in [3.8, 4) is 0 Å². The molecule has 1 aliphatic rings. The molecule has 0 saturated heterocycles. The molecule has 0 radical (unpaired) electrons. The quantitative estimate of drug-likeness (QED) is 0.750. The van der Waals surface area contributed by atoms with E-state index in [1.807, 2.05) is 0 Å². The van der Waals surface area contributed by atoms with E-state index in [1.165, 1.54) is 6.26 Å². The second-order valence-corrected chi connectivity index (χ2v) is 8.08. The molecule has 0 aromatic carbocycles. The van der Waals surface area contributed by atoms with Crippen molar-refractivity contribution < 1.29 is 13.5 Å². The van der Waals surface area contributed by atoms with E-state index in [0.29, 0.717) is 18.8 Å². The molecule has 1 aliphatic carbocycles. The van der Waals surface area contributed by atoms with Crippen molar-refractivity contribution in [1.82, 2.24) is 0 Å². The molecule has 1 fully saturated rings. The number of aliphatic hydroxyl groups excluding tert-OH is 1. The van der Waals surface area contributed by atoms with E-state index in [4.69, 9.17) is 0 Å². The van der Waals surface area contributed by atoms with E-state index in [-0.39, 0.29) is 5.41 Å². The van der Waals surface area contributed by atoms with Crippen LogP contribution < -0.4 is 0 Å². The monoisotopic (exact) mass is 234 g/mol. The van der Waals surface area contributed by atoms with Crippen LogP contribution in [0.3, 0.4) is 0 Å². The lowest BCUT2D eigenvalue weighted by molar-refractivity contribution is 0.0760. The summed E-state index contributed by atoms with van der Waals surface area (Å²) in [4.78, 5) is 0. The number of hydrogen-bond acceptors (Lipinski definition) is 3. The van der Waals surface area contributed by atoms with E-state index in [1.54, 1.807) is 0 Å². The third-order valence-corrected chi connectivity index (χ3v) is 5.14. The second kappa shape index (κ2) is 4.06. The Kier molecular flexibility index (Phi) is 3.51. The third-order valence-electron chi connectivity index (χ3n) is 3.53.